The summed E-state index contributed by atoms with van der Waals surface area (Å²) in [6.07, 6.45) is 0. The Balaban J connectivity index is 2.18. The van der Waals surface area contributed by atoms with E-state index >= 15 is 0 Å². The van der Waals surface area contributed by atoms with Crippen LogP contribution in [-0.2, 0) is 0 Å². The van der Waals surface area contributed by atoms with Crippen molar-refractivity contribution in [2.24, 2.45) is 0 Å². The molecule has 1 aromatic heterocycles. The summed E-state index contributed by atoms with van der Waals surface area (Å²) in [6.45, 7) is 0. The van der Waals surface area contributed by atoms with Crippen LogP contribution in [-0.4, -0.2) is 5.91 Å². The summed E-state index contributed by atoms with van der Waals surface area (Å²) >= 11 is 6.90. The highest BCUT2D eigenvalue weighted by Crippen LogP contribution is 2.20. The maximum atomic E-state index is 13.4. The van der Waals surface area contributed by atoms with Gasteiger partial charge < -0.3 is 5.32 Å². The van der Waals surface area contributed by atoms with Crippen LogP contribution in [0, 0.1) is 5.82 Å². The smallest absolute Gasteiger partial charge is 0.265 e. The first-order valence-corrected chi connectivity index (χ1v) is 5.72. The number of amides is 1. The average molecular weight is 256 g/mol. The first-order chi connectivity index (χ1) is 7.66. The fourth-order valence-electron chi connectivity index (χ4n) is 1.18. The number of hydrogen-bond donors (Lipinski definition) is 1. The zero-order valence-corrected chi connectivity index (χ0v) is 9.61. The molecule has 1 aromatic carbocycles. The molecule has 0 saturated carbocycles. The van der Waals surface area contributed by atoms with Crippen LogP contribution in [0.5, 0.6) is 0 Å². The predicted octanol–water partition coefficient (Wildman–Crippen LogP) is 3.79. The Morgan fingerprint density at radius 3 is 2.81 bits per heavy atom. The van der Waals surface area contributed by atoms with E-state index in [0.717, 1.165) is 6.07 Å². The van der Waals surface area contributed by atoms with Gasteiger partial charge in [0, 0.05) is 5.02 Å². The van der Waals surface area contributed by atoms with Crippen LogP contribution < -0.4 is 5.32 Å². The fourth-order valence-corrected chi connectivity index (χ4v) is 1.96. The molecule has 2 rings (SSSR count). The number of rotatable bonds is 2. The van der Waals surface area contributed by atoms with Crippen molar-refractivity contribution in [1.82, 2.24) is 0 Å². The van der Waals surface area contributed by atoms with Crippen molar-refractivity contribution in [3.8, 4) is 0 Å². The predicted molar refractivity (Wildman–Crippen MR) is 63.7 cm³/mol. The fraction of sp³-hybridized carbons (Fsp3) is 0. The Morgan fingerprint density at radius 2 is 2.19 bits per heavy atom. The van der Waals surface area contributed by atoms with Crippen LogP contribution in [0.1, 0.15) is 9.67 Å². The Labute approximate surface area is 101 Å². The van der Waals surface area contributed by atoms with E-state index in [9.17, 15) is 9.18 Å². The topological polar surface area (TPSA) is 29.1 Å². The van der Waals surface area contributed by atoms with E-state index in [1.807, 2.05) is 0 Å². The number of thiophene rings is 1. The highest BCUT2D eigenvalue weighted by molar-refractivity contribution is 7.12. The number of anilines is 1. The molecule has 0 radical (unpaired) electrons. The van der Waals surface area contributed by atoms with Crippen LogP contribution >= 0.6 is 22.9 Å². The third kappa shape index (κ3) is 2.40. The third-order valence-electron chi connectivity index (χ3n) is 1.92. The van der Waals surface area contributed by atoms with Gasteiger partial charge in [0.15, 0.2) is 0 Å². The SMILES string of the molecule is O=C(Nc1ccc(Cl)cc1F)c1cccs1. The van der Waals surface area contributed by atoms with Crippen molar-refractivity contribution in [1.29, 1.82) is 0 Å². The second-order valence-corrected chi connectivity index (χ2v) is 4.44. The first-order valence-electron chi connectivity index (χ1n) is 4.47. The lowest BCUT2D eigenvalue weighted by atomic mass is 10.3. The second-order valence-electron chi connectivity index (χ2n) is 3.06. The van der Waals surface area contributed by atoms with Crippen LogP contribution in [0.4, 0.5) is 10.1 Å². The van der Waals surface area contributed by atoms with E-state index in [0.29, 0.717) is 9.90 Å². The molecular weight excluding hydrogens is 249 g/mol. The summed E-state index contributed by atoms with van der Waals surface area (Å²) < 4.78 is 13.4. The monoisotopic (exact) mass is 255 g/mol. The van der Waals surface area contributed by atoms with Crippen LogP contribution in [0.3, 0.4) is 0 Å². The molecule has 0 unspecified atom stereocenters. The standard InChI is InChI=1S/C11H7ClFNOS/c12-7-3-4-9(8(13)6-7)14-11(15)10-2-1-5-16-10/h1-6H,(H,14,15). The van der Waals surface area contributed by atoms with Crippen molar-refractivity contribution < 1.29 is 9.18 Å². The number of halogens is 2. The lowest BCUT2D eigenvalue weighted by molar-refractivity contribution is 0.103. The molecule has 1 heterocycles. The highest BCUT2D eigenvalue weighted by atomic mass is 35.5. The zero-order valence-electron chi connectivity index (χ0n) is 8.04. The van der Waals surface area contributed by atoms with Crippen LogP contribution in [0.15, 0.2) is 35.7 Å². The maximum Gasteiger partial charge on any atom is 0.265 e. The number of nitrogens with one attached hydrogen (secondary N) is 1. The minimum atomic E-state index is -0.544. The van der Waals surface area contributed by atoms with Crippen molar-refractivity contribution >= 4 is 34.5 Å². The summed E-state index contributed by atoms with van der Waals surface area (Å²) in [4.78, 5) is 12.1. The molecule has 0 fully saturated rings. The molecule has 0 spiro atoms. The molecule has 0 aliphatic rings. The van der Waals surface area contributed by atoms with E-state index in [1.165, 1.54) is 23.5 Å². The Hall–Kier alpha value is -1.39. The van der Waals surface area contributed by atoms with Crippen LogP contribution in [0.25, 0.3) is 0 Å². The molecule has 2 nitrogen and oxygen atoms in total. The van der Waals surface area contributed by atoms with Gasteiger partial charge in [-0.3, -0.25) is 4.79 Å². The van der Waals surface area contributed by atoms with Gasteiger partial charge in [-0.15, -0.1) is 11.3 Å². The summed E-state index contributed by atoms with van der Waals surface area (Å²) in [6, 6.07) is 7.55. The molecule has 82 valence electrons. The largest absolute Gasteiger partial charge is 0.319 e. The zero-order chi connectivity index (χ0) is 11.5. The number of carbonyl (C=O) groups excluding carboxylic acids is 1. The van der Waals surface area contributed by atoms with Gasteiger partial charge in [-0.2, -0.15) is 0 Å². The summed E-state index contributed by atoms with van der Waals surface area (Å²) in [5, 5.41) is 4.56. The lowest BCUT2D eigenvalue weighted by Gasteiger charge is -2.04. The molecule has 16 heavy (non-hydrogen) atoms. The van der Waals surface area contributed by atoms with Gasteiger partial charge in [-0.05, 0) is 29.6 Å². The molecule has 0 aliphatic carbocycles. The van der Waals surface area contributed by atoms with Crippen molar-refractivity contribution in [3.63, 3.8) is 0 Å². The van der Waals surface area contributed by atoms with Crippen LogP contribution in [0.2, 0.25) is 5.02 Å². The molecule has 2 aromatic rings. The van der Waals surface area contributed by atoms with Gasteiger partial charge in [-0.25, -0.2) is 4.39 Å². The molecule has 0 bridgehead atoms. The Morgan fingerprint density at radius 1 is 1.38 bits per heavy atom. The Bertz CT molecular complexity index is 513. The molecule has 0 aliphatic heterocycles. The number of benzene rings is 1. The molecule has 0 saturated heterocycles. The van der Waals surface area contributed by atoms with Crippen molar-refractivity contribution in [3.05, 3.63) is 51.4 Å². The normalized spacial score (nSPS) is 10.1. The molecule has 0 atom stereocenters. The molecule has 5 heteroatoms. The second kappa shape index (κ2) is 4.63. The van der Waals surface area contributed by atoms with E-state index < -0.39 is 5.82 Å². The lowest BCUT2D eigenvalue weighted by Crippen LogP contribution is -2.11. The summed E-state index contributed by atoms with van der Waals surface area (Å²) in [5.41, 5.74) is 0.128. The number of hydrogen-bond acceptors (Lipinski definition) is 2. The molecular formula is C11H7ClFNOS. The summed E-state index contributed by atoms with van der Waals surface area (Å²) in [5.74, 6) is -0.867. The van der Waals surface area contributed by atoms with E-state index in [-0.39, 0.29) is 11.6 Å². The third-order valence-corrected chi connectivity index (χ3v) is 3.03. The van der Waals surface area contributed by atoms with E-state index in [1.54, 1.807) is 17.5 Å². The van der Waals surface area contributed by atoms with Gasteiger partial charge >= 0.3 is 0 Å². The van der Waals surface area contributed by atoms with Crippen molar-refractivity contribution in [2.45, 2.75) is 0 Å². The van der Waals surface area contributed by atoms with Gasteiger partial charge in [0.1, 0.15) is 5.82 Å². The summed E-state index contributed by atoms with van der Waals surface area (Å²) in [7, 11) is 0. The average Bonchev–Trinajstić information content (AvgIpc) is 2.75. The van der Waals surface area contributed by atoms with Gasteiger partial charge in [0.05, 0.1) is 10.6 Å². The quantitative estimate of drug-likeness (QED) is 0.869. The molecule has 1 amide bonds. The molecule has 1 N–H and O–H groups in total. The minimum absolute atomic E-state index is 0.128. The minimum Gasteiger partial charge on any atom is -0.319 e. The highest BCUT2D eigenvalue weighted by Gasteiger charge is 2.09. The van der Waals surface area contributed by atoms with Gasteiger partial charge in [0.2, 0.25) is 0 Å². The van der Waals surface area contributed by atoms with Crippen molar-refractivity contribution in [2.75, 3.05) is 5.32 Å². The maximum absolute atomic E-state index is 13.4. The first kappa shape index (κ1) is 11.1. The van der Waals surface area contributed by atoms with Gasteiger partial charge in [-0.1, -0.05) is 17.7 Å². The number of carbonyl (C=O) groups is 1. The van der Waals surface area contributed by atoms with Gasteiger partial charge in [0.25, 0.3) is 5.91 Å². The Kier molecular flexibility index (Phi) is 3.22. The van der Waals surface area contributed by atoms with E-state index in [4.69, 9.17) is 11.6 Å². The van der Waals surface area contributed by atoms with E-state index in [2.05, 4.69) is 5.32 Å².